The van der Waals surface area contributed by atoms with E-state index >= 15 is 0 Å². The van der Waals surface area contributed by atoms with Crippen LogP contribution in [0.4, 0.5) is 0 Å². The molecule has 0 bridgehead atoms. The molecule has 0 saturated heterocycles. The van der Waals surface area contributed by atoms with Gasteiger partial charge in [0.15, 0.2) is 0 Å². The highest BCUT2D eigenvalue weighted by Crippen LogP contribution is 2.03. The van der Waals surface area contributed by atoms with Crippen molar-refractivity contribution in [2.24, 2.45) is 0 Å². The lowest BCUT2D eigenvalue weighted by Crippen LogP contribution is -2.23. The average Bonchev–Trinajstić information content (AvgIpc) is 2.78. The van der Waals surface area contributed by atoms with Gasteiger partial charge in [0.1, 0.15) is 16.6 Å². The Balaban J connectivity index is 1.98. The van der Waals surface area contributed by atoms with Crippen molar-refractivity contribution in [1.29, 1.82) is 0 Å². The number of halogens is 1. The Bertz CT molecular complexity index is 485. The third kappa shape index (κ3) is 2.58. The highest BCUT2D eigenvalue weighted by Gasteiger charge is 2.08. The smallest absolute Gasteiger partial charge is 0.271 e. The number of furan rings is 1. The number of carbonyl (C=O) groups excluding carboxylic acids is 1. The Morgan fingerprint density at radius 1 is 1.50 bits per heavy atom. The highest BCUT2D eigenvalue weighted by atomic mass is 35.5. The van der Waals surface area contributed by atoms with E-state index in [0.29, 0.717) is 12.3 Å². The molecule has 0 spiro atoms. The van der Waals surface area contributed by atoms with Crippen LogP contribution < -0.4 is 5.32 Å². The van der Waals surface area contributed by atoms with Crippen molar-refractivity contribution in [1.82, 2.24) is 15.3 Å². The lowest BCUT2D eigenvalue weighted by molar-refractivity contribution is 0.0942. The molecule has 6 heteroatoms. The summed E-state index contributed by atoms with van der Waals surface area (Å²) in [5.41, 5.74) is 0.180. The minimum atomic E-state index is -0.341. The maximum Gasteiger partial charge on any atom is 0.271 e. The van der Waals surface area contributed by atoms with Crippen LogP contribution in [0.25, 0.3) is 0 Å². The molecule has 16 heavy (non-hydrogen) atoms. The molecule has 1 amide bonds. The molecule has 0 unspecified atom stereocenters. The summed E-state index contributed by atoms with van der Waals surface area (Å²) in [5.74, 6) is 0.328. The summed E-state index contributed by atoms with van der Waals surface area (Å²) in [6, 6.07) is 3.52. The second-order valence-electron chi connectivity index (χ2n) is 2.99. The van der Waals surface area contributed by atoms with Crippen LogP contribution in [0.1, 0.15) is 16.2 Å². The van der Waals surface area contributed by atoms with Gasteiger partial charge in [0.25, 0.3) is 5.91 Å². The van der Waals surface area contributed by atoms with Crippen molar-refractivity contribution in [3.05, 3.63) is 47.4 Å². The van der Waals surface area contributed by atoms with Crippen LogP contribution in [0, 0.1) is 0 Å². The molecule has 2 aromatic rings. The minimum absolute atomic E-state index is 0.180. The summed E-state index contributed by atoms with van der Waals surface area (Å²) in [6.07, 6.45) is 4.26. The van der Waals surface area contributed by atoms with E-state index in [-0.39, 0.29) is 16.8 Å². The van der Waals surface area contributed by atoms with Crippen molar-refractivity contribution in [2.45, 2.75) is 6.54 Å². The summed E-state index contributed by atoms with van der Waals surface area (Å²) < 4.78 is 5.07. The van der Waals surface area contributed by atoms with Crippen LogP contribution in [0.3, 0.4) is 0 Å². The summed E-state index contributed by atoms with van der Waals surface area (Å²) >= 11 is 5.62. The molecule has 0 aliphatic heterocycles. The van der Waals surface area contributed by atoms with Gasteiger partial charge in [0.2, 0.25) is 0 Å². The predicted octanol–water partition coefficient (Wildman–Crippen LogP) is 1.65. The van der Waals surface area contributed by atoms with Crippen LogP contribution in [0.5, 0.6) is 0 Å². The van der Waals surface area contributed by atoms with Crippen molar-refractivity contribution >= 4 is 17.5 Å². The Morgan fingerprint density at radius 3 is 3.06 bits per heavy atom. The van der Waals surface area contributed by atoms with Gasteiger partial charge in [-0.25, -0.2) is 4.98 Å². The van der Waals surface area contributed by atoms with Crippen molar-refractivity contribution in [2.75, 3.05) is 0 Å². The molecular weight excluding hydrogens is 230 g/mol. The minimum Gasteiger partial charge on any atom is -0.467 e. The van der Waals surface area contributed by atoms with E-state index in [1.807, 2.05) is 0 Å². The monoisotopic (exact) mass is 237 g/mol. The third-order valence-corrected chi connectivity index (χ3v) is 2.02. The Hall–Kier alpha value is -1.88. The normalized spacial score (nSPS) is 10.1. The van der Waals surface area contributed by atoms with Gasteiger partial charge >= 0.3 is 0 Å². The summed E-state index contributed by atoms with van der Waals surface area (Å²) in [7, 11) is 0. The predicted molar refractivity (Wildman–Crippen MR) is 56.9 cm³/mol. The molecule has 2 aromatic heterocycles. The number of hydrogen-bond donors (Lipinski definition) is 1. The molecule has 0 aliphatic rings. The summed E-state index contributed by atoms with van der Waals surface area (Å²) in [5, 5.41) is 2.82. The fourth-order valence-corrected chi connectivity index (χ4v) is 1.27. The molecule has 2 heterocycles. The Morgan fingerprint density at radius 2 is 2.38 bits per heavy atom. The van der Waals surface area contributed by atoms with Crippen molar-refractivity contribution in [3.63, 3.8) is 0 Å². The Labute approximate surface area is 96.5 Å². The second kappa shape index (κ2) is 4.76. The van der Waals surface area contributed by atoms with Crippen LogP contribution in [-0.4, -0.2) is 15.9 Å². The molecule has 0 fully saturated rings. The molecule has 0 radical (unpaired) electrons. The number of amides is 1. The van der Waals surface area contributed by atoms with Crippen LogP contribution in [-0.2, 0) is 6.54 Å². The van der Waals surface area contributed by atoms with E-state index in [1.54, 1.807) is 18.4 Å². The maximum absolute atomic E-state index is 11.6. The largest absolute Gasteiger partial charge is 0.467 e. The lowest BCUT2D eigenvalue weighted by Gasteiger charge is -2.01. The standard InChI is InChI=1S/C10H8ClN3O2/c11-9-6-12-5-8(14-9)10(15)13-4-7-2-1-3-16-7/h1-3,5-6H,4H2,(H,13,15). The van der Waals surface area contributed by atoms with Crippen LogP contribution in [0.2, 0.25) is 5.15 Å². The van der Waals surface area contributed by atoms with Crippen molar-refractivity contribution < 1.29 is 9.21 Å². The summed E-state index contributed by atoms with van der Waals surface area (Å²) in [4.78, 5) is 19.2. The van der Waals surface area contributed by atoms with E-state index in [4.69, 9.17) is 16.0 Å². The second-order valence-corrected chi connectivity index (χ2v) is 3.38. The molecule has 0 aliphatic carbocycles. The fraction of sp³-hybridized carbons (Fsp3) is 0.100. The van der Waals surface area contributed by atoms with E-state index < -0.39 is 0 Å². The number of hydrogen-bond acceptors (Lipinski definition) is 4. The van der Waals surface area contributed by atoms with Crippen LogP contribution >= 0.6 is 11.6 Å². The topological polar surface area (TPSA) is 68.0 Å². The maximum atomic E-state index is 11.6. The van der Waals surface area contributed by atoms with Gasteiger partial charge in [-0.1, -0.05) is 11.6 Å². The molecule has 0 aromatic carbocycles. The number of nitrogens with one attached hydrogen (secondary N) is 1. The first kappa shape index (κ1) is 10.6. The van der Waals surface area contributed by atoms with Gasteiger partial charge in [-0.3, -0.25) is 9.78 Å². The molecule has 0 atom stereocenters. The molecular formula is C10H8ClN3O2. The van der Waals surface area contributed by atoms with E-state index in [2.05, 4.69) is 15.3 Å². The quantitative estimate of drug-likeness (QED) is 0.882. The molecule has 2 rings (SSSR count). The first-order chi connectivity index (χ1) is 7.75. The van der Waals surface area contributed by atoms with E-state index in [1.165, 1.54) is 12.4 Å². The number of carbonyl (C=O) groups is 1. The Kier molecular flexibility index (Phi) is 3.16. The van der Waals surface area contributed by atoms with Gasteiger partial charge in [0.05, 0.1) is 25.2 Å². The molecule has 0 saturated carbocycles. The van der Waals surface area contributed by atoms with E-state index in [9.17, 15) is 4.79 Å². The fourth-order valence-electron chi connectivity index (χ4n) is 1.12. The average molecular weight is 238 g/mol. The number of nitrogens with zero attached hydrogens (tertiary/aromatic N) is 2. The van der Waals surface area contributed by atoms with Gasteiger partial charge < -0.3 is 9.73 Å². The molecule has 82 valence electrons. The third-order valence-electron chi connectivity index (χ3n) is 1.84. The van der Waals surface area contributed by atoms with Gasteiger partial charge in [0, 0.05) is 0 Å². The zero-order chi connectivity index (χ0) is 11.4. The lowest BCUT2D eigenvalue weighted by atomic mass is 10.4. The first-order valence-electron chi connectivity index (χ1n) is 4.54. The summed E-state index contributed by atoms with van der Waals surface area (Å²) in [6.45, 7) is 0.306. The number of rotatable bonds is 3. The molecule has 5 nitrogen and oxygen atoms in total. The molecule has 1 N–H and O–H groups in total. The van der Waals surface area contributed by atoms with Gasteiger partial charge in [-0.05, 0) is 12.1 Å². The van der Waals surface area contributed by atoms with Crippen molar-refractivity contribution in [3.8, 4) is 0 Å². The highest BCUT2D eigenvalue weighted by molar-refractivity contribution is 6.29. The van der Waals surface area contributed by atoms with Crippen LogP contribution in [0.15, 0.2) is 35.2 Å². The first-order valence-corrected chi connectivity index (χ1v) is 4.91. The van der Waals surface area contributed by atoms with Gasteiger partial charge in [-0.15, -0.1) is 0 Å². The zero-order valence-electron chi connectivity index (χ0n) is 8.18. The van der Waals surface area contributed by atoms with E-state index in [0.717, 1.165) is 0 Å². The van der Waals surface area contributed by atoms with Gasteiger partial charge in [-0.2, -0.15) is 0 Å². The number of aromatic nitrogens is 2. The zero-order valence-corrected chi connectivity index (χ0v) is 8.94. The SMILES string of the molecule is O=C(NCc1ccco1)c1cncc(Cl)n1.